The molecule has 0 bridgehead atoms. The summed E-state index contributed by atoms with van der Waals surface area (Å²) in [5.41, 5.74) is 5.62. The van der Waals surface area contributed by atoms with Crippen molar-refractivity contribution in [2.75, 3.05) is 0 Å². The van der Waals surface area contributed by atoms with Gasteiger partial charge in [0.2, 0.25) is 0 Å². The smallest absolute Gasteiger partial charge is 0.0544 e. The topological polar surface area (TPSA) is 26.0 Å². The second kappa shape index (κ2) is 4.10. The molecule has 3 heteroatoms. The molecule has 1 aromatic heterocycles. The molecule has 1 heterocycles. The average Bonchev–Trinajstić information content (AvgIpc) is 2.31. The highest BCUT2D eigenvalue weighted by atomic mass is 35.5. The molecule has 1 aromatic rings. The molecule has 0 saturated heterocycles. The van der Waals surface area contributed by atoms with E-state index in [4.69, 9.17) is 17.3 Å². The maximum absolute atomic E-state index is 5.89. The Morgan fingerprint density at radius 1 is 1.73 bits per heavy atom. The molecule has 0 amide bonds. The van der Waals surface area contributed by atoms with E-state index >= 15 is 0 Å². The lowest BCUT2D eigenvalue weighted by molar-refractivity contribution is 0.670. The predicted octanol–water partition coefficient (Wildman–Crippen LogP) is 2.68. The SMILES string of the molecule is CC(N)CCc1sccc1Cl. The lowest BCUT2D eigenvalue weighted by atomic mass is 10.2. The van der Waals surface area contributed by atoms with Crippen LogP contribution in [-0.4, -0.2) is 6.04 Å². The highest BCUT2D eigenvalue weighted by molar-refractivity contribution is 7.10. The summed E-state index contributed by atoms with van der Waals surface area (Å²) >= 11 is 7.60. The fraction of sp³-hybridized carbons (Fsp3) is 0.500. The number of halogens is 1. The van der Waals surface area contributed by atoms with Gasteiger partial charge < -0.3 is 5.73 Å². The van der Waals surface area contributed by atoms with Gasteiger partial charge in [-0.05, 0) is 31.2 Å². The molecule has 0 aliphatic carbocycles. The Hall–Kier alpha value is -0.0500. The van der Waals surface area contributed by atoms with Crippen LogP contribution in [0.5, 0.6) is 0 Å². The Balaban J connectivity index is 2.44. The van der Waals surface area contributed by atoms with E-state index in [1.165, 1.54) is 4.88 Å². The van der Waals surface area contributed by atoms with Crippen LogP contribution in [0.15, 0.2) is 11.4 Å². The number of thiophene rings is 1. The van der Waals surface area contributed by atoms with Gasteiger partial charge in [-0.15, -0.1) is 11.3 Å². The van der Waals surface area contributed by atoms with Crippen molar-refractivity contribution in [1.29, 1.82) is 0 Å². The van der Waals surface area contributed by atoms with E-state index in [0.29, 0.717) is 0 Å². The van der Waals surface area contributed by atoms with Gasteiger partial charge in [0.1, 0.15) is 0 Å². The van der Waals surface area contributed by atoms with Crippen LogP contribution in [0.1, 0.15) is 18.2 Å². The molecule has 0 aromatic carbocycles. The summed E-state index contributed by atoms with van der Waals surface area (Å²) in [5, 5.41) is 2.90. The van der Waals surface area contributed by atoms with Crippen LogP contribution in [0.25, 0.3) is 0 Å². The minimum absolute atomic E-state index is 0.271. The number of hydrogen-bond acceptors (Lipinski definition) is 2. The van der Waals surface area contributed by atoms with Gasteiger partial charge in [-0.3, -0.25) is 0 Å². The summed E-state index contributed by atoms with van der Waals surface area (Å²) < 4.78 is 0. The number of aryl methyl sites for hydroxylation is 1. The van der Waals surface area contributed by atoms with Crippen LogP contribution in [0, 0.1) is 0 Å². The summed E-state index contributed by atoms with van der Waals surface area (Å²) in [4.78, 5) is 1.25. The molecular formula is C8H12ClNS. The van der Waals surface area contributed by atoms with E-state index < -0.39 is 0 Å². The van der Waals surface area contributed by atoms with Crippen LogP contribution in [0.4, 0.5) is 0 Å². The zero-order valence-corrected chi connectivity index (χ0v) is 8.08. The van der Waals surface area contributed by atoms with Gasteiger partial charge >= 0.3 is 0 Å². The first-order valence-corrected chi connectivity index (χ1v) is 4.93. The third kappa shape index (κ3) is 2.81. The molecule has 0 saturated carbocycles. The summed E-state index contributed by atoms with van der Waals surface area (Å²) in [5.74, 6) is 0. The lowest BCUT2D eigenvalue weighted by Crippen LogP contribution is -2.15. The van der Waals surface area contributed by atoms with Crippen LogP contribution >= 0.6 is 22.9 Å². The third-order valence-corrected chi connectivity index (χ3v) is 2.96. The van der Waals surface area contributed by atoms with E-state index in [9.17, 15) is 0 Å². The van der Waals surface area contributed by atoms with Crippen molar-refractivity contribution in [3.63, 3.8) is 0 Å². The Bertz CT molecular complexity index is 220. The molecule has 0 aliphatic rings. The van der Waals surface area contributed by atoms with E-state index in [1.807, 2.05) is 18.4 Å². The average molecular weight is 190 g/mol. The normalized spacial score (nSPS) is 13.4. The number of rotatable bonds is 3. The van der Waals surface area contributed by atoms with E-state index in [0.717, 1.165) is 17.9 Å². The number of nitrogens with two attached hydrogens (primary N) is 1. The van der Waals surface area contributed by atoms with Crippen molar-refractivity contribution in [3.05, 3.63) is 21.3 Å². The van der Waals surface area contributed by atoms with Crippen LogP contribution in [-0.2, 0) is 6.42 Å². The molecule has 1 atom stereocenters. The van der Waals surface area contributed by atoms with Crippen molar-refractivity contribution in [3.8, 4) is 0 Å². The van der Waals surface area contributed by atoms with Gasteiger partial charge in [-0.1, -0.05) is 11.6 Å². The fourth-order valence-corrected chi connectivity index (χ4v) is 2.01. The standard InChI is InChI=1S/C8H12ClNS/c1-6(10)2-3-8-7(9)4-5-11-8/h4-6H,2-3,10H2,1H3. The van der Waals surface area contributed by atoms with Gasteiger partial charge in [0.15, 0.2) is 0 Å². The maximum atomic E-state index is 5.89. The van der Waals surface area contributed by atoms with Gasteiger partial charge in [-0.2, -0.15) is 0 Å². The third-order valence-electron chi connectivity index (χ3n) is 1.52. The van der Waals surface area contributed by atoms with Gasteiger partial charge in [0, 0.05) is 10.9 Å². The highest BCUT2D eigenvalue weighted by Crippen LogP contribution is 2.23. The van der Waals surface area contributed by atoms with E-state index in [1.54, 1.807) is 11.3 Å². The van der Waals surface area contributed by atoms with Crippen LogP contribution in [0.2, 0.25) is 5.02 Å². The largest absolute Gasteiger partial charge is 0.328 e. The maximum Gasteiger partial charge on any atom is 0.0544 e. The predicted molar refractivity (Wildman–Crippen MR) is 51.3 cm³/mol. The van der Waals surface area contributed by atoms with Crippen molar-refractivity contribution in [2.24, 2.45) is 5.73 Å². The monoisotopic (exact) mass is 189 g/mol. The quantitative estimate of drug-likeness (QED) is 0.778. The fourth-order valence-electron chi connectivity index (χ4n) is 0.862. The highest BCUT2D eigenvalue weighted by Gasteiger charge is 2.02. The summed E-state index contributed by atoms with van der Waals surface area (Å²) in [6.45, 7) is 2.02. The van der Waals surface area contributed by atoms with Crippen LogP contribution < -0.4 is 5.73 Å². The molecule has 1 rings (SSSR count). The van der Waals surface area contributed by atoms with Gasteiger partial charge in [0.05, 0.1) is 5.02 Å². The van der Waals surface area contributed by atoms with Crippen LogP contribution in [0.3, 0.4) is 0 Å². The van der Waals surface area contributed by atoms with Gasteiger partial charge in [-0.25, -0.2) is 0 Å². The van der Waals surface area contributed by atoms with E-state index in [-0.39, 0.29) is 6.04 Å². The molecule has 0 fully saturated rings. The number of hydrogen-bond donors (Lipinski definition) is 1. The molecule has 62 valence electrons. The molecule has 1 unspecified atom stereocenters. The molecule has 0 radical (unpaired) electrons. The molecule has 11 heavy (non-hydrogen) atoms. The van der Waals surface area contributed by atoms with Gasteiger partial charge in [0.25, 0.3) is 0 Å². The molecule has 0 aliphatic heterocycles. The van der Waals surface area contributed by atoms with Crippen molar-refractivity contribution >= 4 is 22.9 Å². The minimum Gasteiger partial charge on any atom is -0.328 e. The summed E-state index contributed by atoms with van der Waals surface area (Å²) in [6, 6.07) is 2.20. The molecule has 0 spiro atoms. The van der Waals surface area contributed by atoms with Crippen molar-refractivity contribution < 1.29 is 0 Å². The Morgan fingerprint density at radius 2 is 2.45 bits per heavy atom. The second-order valence-corrected chi connectivity index (χ2v) is 4.12. The first-order chi connectivity index (χ1) is 5.20. The van der Waals surface area contributed by atoms with Crippen molar-refractivity contribution in [1.82, 2.24) is 0 Å². The Morgan fingerprint density at radius 3 is 2.91 bits per heavy atom. The first kappa shape index (κ1) is 9.04. The Labute approximate surface area is 76.2 Å². The Kier molecular flexibility index (Phi) is 3.37. The molecular weight excluding hydrogens is 178 g/mol. The zero-order valence-electron chi connectivity index (χ0n) is 6.51. The second-order valence-electron chi connectivity index (χ2n) is 2.71. The summed E-state index contributed by atoms with van der Waals surface area (Å²) in [6.07, 6.45) is 2.02. The summed E-state index contributed by atoms with van der Waals surface area (Å²) in [7, 11) is 0. The minimum atomic E-state index is 0.271. The molecule has 2 N–H and O–H groups in total. The lowest BCUT2D eigenvalue weighted by Gasteiger charge is -2.02. The van der Waals surface area contributed by atoms with E-state index in [2.05, 4.69) is 0 Å². The first-order valence-electron chi connectivity index (χ1n) is 3.67. The van der Waals surface area contributed by atoms with Crippen molar-refractivity contribution in [2.45, 2.75) is 25.8 Å². The zero-order chi connectivity index (χ0) is 8.27. The molecule has 1 nitrogen and oxygen atoms in total.